The van der Waals surface area contributed by atoms with Crippen molar-refractivity contribution in [2.24, 2.45) is 0 Å². The van der Waals surface area contributed by atoms with E-state index in [2.05, 4.69) is 10.2 Å². The predicted molar refractivity (Wildman–Crippen MR) is 101 cm³/mol. The minimum Gasteiger partial charge on any atom is -0.379 e. The lowest BCUT2D eigenvalue weighted by Crippen LogP contribution is -2.51. The number of fused-ring (bicyclic) bond motifs is 1. The van der Waals surface area contributed by atoms with E-state index in [0.717, 1.165) is 57.8 Å². The summed E-state index contributed by atoms with van der Waals surface area (Å²) in [7, 11) is 0. The van der Waals surface area contributed by atoms with E-state index in [0.29, 0.717) is 13.1 Å². The molecule has 1 unspecified atom stereocenters. The van der Waals surface area contributed by atoms with Crippen LogP contribution < -0.4 is 5.32 Å². The van der Waals surface area contributed by atoms with Crippen LogP contribution in [0.4, 0.5) is 0 Å². The standard InChI is InChI=1S/C20H30N4O3/c25-18-15-23-9-3-7-17(23)19(20(26)21-16-5-1-2-6-16)24(18)10-4-8-22-11-13-27-14-12-22/h3,7,9,16,19H,1-2,4-6,8,10-15H2,(H,21,26). The highest BCUT2D eigenvalue weighted by Gasteiger charge is 2.37. The van der Waals surface area contributed by atoms with Gasteiger partial charge in [-0.1, -0.05) is 12.8 Å². The molecule has 1 atom stereocenters. The molecule has 27 heavy (non-hydrogen) atoms. The second-order valence-electron chi connectivity index (χ2n) is 7.85. The van der Waals surface area contributed by atoms with Gasteiger partial charge in [0, 0.05) is 38.4 Å². The average molecular weight is 374 g/mol. The number of hydrogen-bond donors (Lipinski definition) is 1. The summed E-state index contributed by atoms with van der Waals surface area (Å²) in [5.74, 6) is 0.00789. The monoisotopic (exact) mass is 374 g/mol. The van der Waals surface area contributed by atoms with E-state index in [1.807, 2.05) is 22.9 Å². The number of morpholine rings is 1. The molecule has 1 aromatic rings. The Balaban J connectivity index is 1.43. The molecule has 1 aromatic heterocycles. The molecule has 2 fully saturated rings. The van der Waals surface area contributed by atoms with Crippen molar-refractivity contribution in [1.82, 2.24) is 19.7 Å². The molecule has 4 rings (SSSR count). The maximum Gasteiger partial charge on any atom is 0.249 e. The number of hydrogen-bond acceptors (Lipinski definition) is 4. The molecular weight excluding hydrogens is 344 g/mol. The molecule has 2 aliphatic heterocycles. The minimum absolute atomic E-state index is 0.0266. The van der Waals surface area contributed by atoms with Crippen LogP contribution in [0.15, 0.2) is 18.3 Å². The van der Waals surface area contributed by atoms with Crippen LogP contribution in [0.5, 0.6) is 0 Å². The van der Waals surface area contributed by atoms with Crippen molar-refractivity contribution in [3.8, 4) is 0 Å². The van der Waals surface area contributed by atoms with Crippen molar-refractivity contribution in [2.75, 3.05) is 39.4 Å². The van der Waals surface area contributed by atoms with Gasteiger partial charge in [0.15, 0.2) is 6.04 Å². The van der Waals surface area contributed by atoms with Gasteiger partial charge < -0.3 is 19.5 Å². The third kappa shape index (κ3) is 4.19. The normalized spacial score (nSPS) is 24.2. The van der Waals surface area contributed by atoms with E-state index < -0.39 is 6.04 Å². The second-order valence-corrected chi connectivity index (χ2v) is 7.85. The van der Waals surface area contributed by atoms with Gasteiger partial charge in [-0.2, -0.15) is 0 Å². The van der Waals surface area contributed by atoms with Crippen LogP contribution in [0.25, 0.3) is 0 Å². The van der Waals surface area contributed by atoms with E-state index in [4.69, 9.17) is 4.74 Å². The highest BCUT2D eigenvalue weighted by Crippen LogP contribution is 2.28. The Morgan fingerprint density at radius 1 is 1.19 bits per heavy atom. The summed E-state index contributed by atoms with van der Waals surface area (Å²) in [5.41, 5.74) is 0.927. The highest BCUT2D eigenvalue weighted by molar-refractivity contribution is 5.90. The Morgan fingerprint density at radius 2 is 1.96 bits per heavy atom. The first-order valence-electron chi connectivity index (χ1n) is 10.3. The molecule has 2 amide bonds. The van der Waals surface area contributed by atoms with E-state index >= 15 is 0 Å². The first-order valence-corrected chi connectivity index (χ1v) is 10.3. The van der Waals surface area contributed by atoms with Crippen LogP contribution in [-0.2, 0) is 20.9 Å². The zero-order valence-corrected chi connectivity index (χ0v) is 15.9. The molecule has 7 heteroatoms. The number of rotatable bonds is 6. The topological polar surface area (TPSA) is 66.8 Å². The fourth-order valence-corrected chi connectivity index (χ4v) is 4.53. The third-order valence-electron chi connectivity index (χ3n) is 6.01. The number of amides is 2. The minimum atomic E-state index is -0.508. The molecule has 1 saturated heterocycles. The summed E-state index contributed by atoms with van der Waals surface area (Å²) in [4.78, 5) is 30.0. The first kappa shape index (κ1) is 18.5. The maximum atomic E-state index is 13.1. The van der Waals surface area contributed by atoms with Gasteiger partial charge in [0.25, 0.3) is 0 Å². The van der Waals surface area contributed by atoms with Crippen molar-refractivity contribution >= 4 is 11.8 Å². The lowest BCUT2D eigenvalue weighted by atomic mass is 10.1. The molecule has 3 aliphatic rings. The Labute approximate surface area is 160 Å². The molecule has 0 radical (unpaired) electrons. The maximum absolute atomic E-state index is 13.1. The summed E-state index contributed by atoms with van der Waals surface area (Å²) in [5, 5.41) is 3.20. The SMILES string of the molecule is O=C(NC1CCCC1)C1c2cccn2CC(=O)N1CCCN1CCOCC1. The van der Waals surface area contributed by atoms with Crippen LogP contribution in [-0.4, -0.2) is 71.6 Å². The molecule has 148 valence electrons. The summed E-state index contributed by atoms with van der Waals surface area (Å²) in [6.07, 6.45) is 7.21. The van der Waals surface area contributed by atoms with Gasteiger partial charge in [-0.3, -0.25) is 14.5 Å². The fourth-order valence-electron chi connectivity index (χ4n) is 4.53. The van der Waals surface area contributed by atoms with E-state index in [1.54, 1.807) is 4.90 Å². The first-order chi connectivity index (χ1) is 13.2. The van der Waals surface area contributed by atoms with Crippen molar-refractivity contribution in [1.29, 1.82) is 0 Å². The molecule has 7 nitrogen and oxygen atoms in total. The molecule has 3 heterocycles. The predicted octanol–water partition coefficient (Wildman–Crippen LogP) is 1.15. The van der Waals surface area contributed by atoms with Crippen molar-refractivity contribution in [2.45, 2.75) is 50.7 Å². The van der Waals surface area contributed by atoms with Crippen LogP contribution in [0.3, 0.4) is 0 Å². The Kier molecular flexibility index (Phi) is 5.78. The van der Waals surface area contributed by atoms with Gasteiger partial charge >= 0.3 is 0 Å². The molecule has 1 saturated carbocycles. The Hall–Kier alpha value is -1.86. The number of nitrogens with one attached hydrogen (secondary N) is 1. The van der Waals surface area contributed by atoms with Crippen LogP contribution in [0.2, 0.25) is 0 Å². The number of ether oxygens (including phenoxy) is 1. The van der Waals surface area contributed by atoms with Gasteiger partial charge in [0.05, 0.1) is 18.9 Å². The van der Waals surface area contributed by atoms with Crippen molar-refractivity contribution in [3.63, 3.8) is 0 Å². The smallest absolute Gasteiger partial charge is 0.249 e. The van der Waals surface area contributed by atoms with E-state index in [1.165, 1.54) is 12.8 Å². The highest BCUT2D eigenvalue weighted by atomic mass is 16.5. The number of carbonyl (C=O) groups excluding carboxylic acids is 2. The third-order valence-corrected chi connectivity index (χ3v) is 6.01. The van der Waals surface area contributed by atoms with Gasteiger partial charge in [0.1, 0.15) is 6.54 Å². The summed E-state index contributed by atoms with van der Waals surface area (Å²) in [6, 6.07) is 3.65. The molecule has 0 spiro atoms. The fraction of sp³-hybridized carbons (Fsp3) is 0.700. The van der Waals surface area contributed by atoms with Crippen LogP contribution >= 0.6 is 0 Å². The van der Waals surface area contributed by atoms with Crippen molar-refractivity contribution in [3.05, 3.63) is 24.0 Å². The quantitative estimate of drug-likeness (QED) is 0.811. The summed E-state index contributed by atoms with van der Waals surface area (Å²) in [6.45, 7) is 5.33. The second kappa shape index (κ2) is 8.44. The molecule has 1 aliphatic carbocycles. The number of carbonyl (C=O) groups is 2. The van der Waals surface area contributed by atoms with Crippen LogP contribution in [0, 0.1) is 0 Å². The van der Waals surface area contributed by atoms with Crippen molar-refractivity contribution < 1.29 is 14.3 Å². The van der Waals surface area contributed by atoms with E-state index in [9.17, 15) is 9.59 Å². The zero-order valence-electron chi connectivity index (χ0n) is 15.9. The summed E-state index contributed by atoms with van der Waals surface area (Å²) >= 11 is 0. The lowest BCUT2D eigenvalue weighted by molar-refractivity contribution is -0.144. The van der Waals surface area contributed by atoms with Gasteiger partial charge in [-0.25, -0.2) is 0 Å². The average Bonchev–Trinajstić information content (AvgIpc) is 3.34. The van der Waals surface area contributed by atoms with E-state index in [-0.39, 0.29) is 17.9 Å². The molecule has 0 aromatic carbocycles. The van der Waals surface area contributed by atoms with Gasteiger partial charge in [-0.15, -0.1) is 0 Å². The lowest BCUT2D eigenvalue weighted by Gasteiger charge is -2.37. The van der Waals surface area contributed by atoms with Gasteiger partial charge in [-0.05, 0) is 31.4 Å². The van der Waals surface area contributed by atoms with Gasteiger partial charge in [0.2, 0.25) is 11.8 Å². The molecule has 1 N–H and O–H groups in total. The molecular formula is C20H30N4O3. The Bertz CT molecular complexity index is 662. The van der Waals surface area contributed by atoms with Crippen LogP contribution in [0.1, 0.15) is 43.8 Å². The number of aromatic nitrogens is 1. The number of nitrogens with zero attached hydrogens (tertiary/aromatic N) is 3. The zero-order chi connectivity index (χ0) is 18.6. The Morgan fingerprint density at radius 3 is 2.74 bits per heavy atom. The largest absolute Gasteiger partial charge is 0.379 e. The summed E-state index contributed by atoms with van der Waals surface area (Å²) < 4.78 is 7.31. The molecule has 0 bridgehead atoms.